The maximum Gasteiger partial charge on any atom is 0.156 e. The summed E-state index contributed by atoms with van der Waals surface area (Å²) in [6.45, 7) is 2.72. The number of ether oxygens (including phenoxy) is 3. The Hall–Kier alpha value is -1.83. The van der Waals surface area contributed by atoms with Crippen LogP contribution in [0.4, 0.5) is 0 Å². The van der Waals surface area contributed by atoms with Crippen molar-refractivity contribution < 1.29 is 19.0 Å². The Morgan fingerprint density at radius 1 is 1.10 bits per heavy atom. The summed E-state index contributed by atoms with van der Waals surface area (Å²) in [7, 11) is 0. The van der Waals surface area contributed by atoms with Crippen molar-refractivity contribution in [3.8, 4) is 11.5 Å². The summed E-state index contributed by atoms with van der Waals surface area (Å²) >= 11 is 12.2. The molecule has 1 aliphatic rings. The number of hydrogen-bond acceptors (Lipinski definition) is 6. The van der Waals surface area contributed by atoms with Gasteiger partial charge < -0.3 is 24.7 Å². The zero-order chi connectivity index (χ0) is 21.3. The molecule has 162 valence electrons. The molecule has 2 aromatic rings. The van der Waals surface area contributed by atoms with Gasteiger partial charge in [-0.1, -0.05) is 41.4 Å². The van der Waals surface area contributed by atoms with Gasteiger partial charge in [0.1, 0.15) is 25.2 Å². The Kier molecular flexibility index (Phi) is 8.78. The van der Waals surface area contributed by atoms with Crippen molar-refractivity contribution in [2.45, 2.75) is 25.1 Å². The lowest BCUT2D eigenvalue weighted by atomic mass is 10.0. The quantitative estimate of drug-likeness (QED) is 0.438. The van der Waals surface area contributed by atoms with Gasteiger partial charge in [-0.2, -0.15) is 0 Å². The second kappa shape index (κ2) is 11.5. The minimum atomic E-state index is -0.219. The summed E-state index contributed by atoms with van der Waals surface area (Å²) in [5, 5.41) is 0.944. The first-order chi connectivity index (χ1) is 14.6. The van der Waals surface area contributed by atoms with Gasteiger partial charge >= 0.3 is 0 Å². The largest absolute Gasteiger partial charge is 0.490 e. The van der Waals surface area contributed by atoms with Crippen LogP contribution in [0.5, 0.6) is 11.5 Å². The molecule has 6 nitrogen and oxygen atoms in total. The standard InChI is InChI=1S/C22H26Cl2N2O4/c23-18-3-1-4-19(24)21(18)30-14-13-28-17-7-5-16(6-8-17)15-20-22(25)26(9-2-11-27)10-12-29-20/h1,3-8,11,20,22H,2,9-10,12-15,25H2. The van der Waals surface area contributed by atoms with Crippen LogP contribution in [0.3, 0.4) is 0 Å². The van der Waals surface area contributed by atoms with Gasteiger partial charge in [-0.15, -0.1) is 0 Å². The highest BCUT2D eigenvalue weighted by Gasteiger charge is 2.29. The summed E-state index contributed by atoms with van der Waals surface area (Å²) in [6, 6.07) is 13.1. The van der Waals surface area contributed by atoms with Crippen LogP contribution in [0.1, 0.15) is 12.0 Å². The molecule has 0 spiro atoms. The van der Waals surface area contributed by atoms with E-state index < -0.39 is 0 Å². The van der Waals surface area contributed by atoms with E-state index in [1.54, 1.807) is 18.2 Å². The van der Waals surface area contributed by atoms with Gasteiger partial charge in [-0.05, 0) is 29.8 Å². The number of hydrogen-bond donors (Lipinski definition) is 1. The summed E-state index contributed by atoms with van der Waals surface area (Å²) < 4.78 is 17.2. The molecule has 0 aromatic heterocycles. The molecule has 0 aliphatic carbocycles. The molecular formula is C22H26Cl2N2O4. The molecule has 0 radical (unpaired) electrons. The maximum atomic E-state index is 10.6. The number of benzene rings is 2. The molecule has 2 atom stereocenters. The summed E-state index contributed by atoms with van der Waals surface area (Å²) in [4.78, 5) is 12.7. The lowest BCUT2D eigenvalue weighted by Crippen LogP contribution is -2.57. The van der Waals surface area contributed by atoms with Crippen molar-refractivity contribution in [1.82, 2.24) is 4.90 Å². The molecule has 8 heteroatoms. The molecule has 0 amide bonds. The summed E-state index contributed by atoms with van der Waals surface area (Å²) in [5.74, 6) is 1.21. The zero-order valence-electron chi connectivity index (χ0n) is 16.6. The van der Waals surface area contributed by atoms with E-state index in [0.29, 0.717) is 55.0 Å². The predicted molar refractivity (Wildman–Crippen MR) is 118 cm³/mol. The fraction of sp³-hybridized carbons (Fsp3) is 0.409. The van der Waals surface area contributed by atoms with Crippen LogP contribution >= 0.6 is 23.2 Å². The fourth-order valence-electron chi connectivity index (χ4n) is 3.34. The number of nitrogens with zero attached hydrogens (tertiary/aromatic N) is 1. The highest BCUT2D eigenvalue weighted by atomic mass is 35.5. The Morgan fingerprint density at radius 3 is 2.50 bits per heavy atom. The van der Waals surface area contributed by atoms with Gasteiger partial charge in [0, 0.05) is 25.9 Å². The van der Waals surface area contributed by atoms with Gasteiger partial charge in [0.15, 0.2) is 5.75 Å². The van der Waals surface area contributed by atoms with E-state index in [4.69, 9.17) is 43.1 Å². The molecule has 2 aromatic carbocycles. The summed E-state index contributed by atoms with van der Waals surface area (Å²) in [5.41, 5.74) is 7.43. The molecule has 1 saturated heterocycles. The van der Waals surface area contributed by atoms with Crippen molar-refractivity contribution in [3.63, 3.8) is 0 Å². The third-order valence-corrected chi connectivity index (χ3v) is 5.52. The minimum absolute atomic E-state index is 0.106. The van der Waals surface area contributed by atoms with E-state index in [-0.39, 0.29) is 12.3 Å². The molecule has 3 rings (SSSR count). The number of carbonyl (C=O) groups excluding carboxylic acids is 1. The van der Waals surface area contributed by atoms with Crippen LogP contribution in [0.15, 0.2) is 42.5 Å². The molecular weight excluding hydrogens is 427 g/mol. The van der Waals surface area contributed by atoms with Crippen LogP contribution in [0.2, 0.25) is 10.0 Å². The monoisotopic (exact) mass is 452 g/mol. The SMILES string of the molecule is NC1C(Cc2ccc(OCCOc3c(Cl)cccc3Cl)cc2)OCCN1CCC=O. The highest BCUT2D eigenvalue weighted by molar-refractivity contribution is 6.37. The van der Waals surface area contributed by atoms with Gasteiger partial charge in [0.05, 0.1) is 28.9 Å². The third-order valence-electron chi connectivity index (χ3n) is 4.92. The van der Waals surface area contributed by atoms with Crippen LogP contribution in [0.25, 0.3) is 0 Å². The average molecular weight is 453 g/mol. The molecule has 2 unspecified atom stereocenters. The van der Waals surface area contributed by atoms with Gasteiger partial charge in [-0.3, -0.25) is 4.90 Å². The fourth-order valence-corrected chi connectivity index (χ4v) is 3.85. The zero-order valence-corrected chi connectivity index (χ0v) is 18.1. The molecule has 0 saturated carbocycles. The first-order valence-electron chi connectivity index (χ1n) is 9.92. The van der Waals surface area contributed by atoms with Crippen LogP contribution < -0.4 is 15.2 Å². The highest BCUT2D eigenvalue weighted by Crippen LogP contribution is 2.32. The lowest BCUT2D eigenvalue weighted by Gasteiger charge is -2.38. The average Bonchev–Trinajstić information content (AvgIpc) is 2.74. The van der Waals surface area contributed by atoms with Crippen molar-refractivity contribution in [3.05, 3.63) is 58.1 Å². The lowest BCUT2D eigenvalue weighted by molar-refractivity contribution is -0.109. The Labute approximate surface area is 186 Å². The van der Waals surface area contributed by atoms with E-state index in [9.17, 15) is 4.79 Å². The van der Waals surface area contributed by atoms with Gasteiger partial charge in [0.25, 0.3) is 0 Å². The molecule has 1 heterocycles. The van der Waals surface area contributed by atoms with E-state index in [1.165, 1.54) is 0 Å². The number of para-hydroxylation sites is 1. The smallest absolute Gasteiger partial charge is 0.156 e. The van der Waals surface area contributed by atoms with Crippen molar-refractivity contribution in [1.29, 1.82) is 0 Å². The minimum Gasteiger partial charge on any atom is -0.490 e. The van der Waals surface area contributed by atoms with Crippen molar-refractivity contribution in [2.75, 3.05) is 32.9 Å². The van der Waals surface area contributed by atoms with Gasteiger partial charge in [0.2, 0.25) is 0 Å². The summed E-state index contributed by atoms with van der Waals surface area (Å²) in [6.07, 6.45) is 1.78. The first kappa shape index (κ1) is 22.8. The topological polar surface area (TPSA) is 74.0 Å². The Balaban J connectivity index is 1.45. The van der Waals surface area contributed by atoms with Crippen LogP contribution in [-0.4, -0.2) is 56.4 Å². The number of morpholine rings is 1. The Morgan fingerprint density at radius 2 is 1.80 bits per heavy atom. The number of carbonyl (C=O) groups is 1. The van der Waals surface area contributed by atoms with Gasteiger partial charge in [-0.25, -0.2) is 0 Å². The van der Waals surface area contributed by atoms with E-state index in [2.05, 4.69) is 4.90 Å². The molecule has 1 fully saturated rings. The maximum absolute atomic E-state index is 10.6. The molecule has 0 bridgehead atoms. The Bertz CT molecular complexity index is 799. The second-order valence-electron chi connectivity index (χ2n) is 6.99. The van der Waals surface area contributed by atoms with Crippen LogP contribution in [-0.2, 0) is 16.0 Å². The number of aldehydes is 1. The number of nitrogens with two attached hydrogens (primary N) is 1. The second-order valence-corrected chi connectivity index (χ2v) is 7.80. The van der Waals surface area contributed by atoms with Crippen molar-refractivity contribution in [2.24, 2.45) is 5.73 Å². The van der Waals surface area contributed by atoms with Crippen LogP contribution in [0, 0.1) is 0 Å². The van der Waals surface area contributed by atoms with Crippen molar-refractivity contribution >= 4 is 29.5 Å². The van der Waals surface area contributed by atoms with E-state index in [0.717, 1.165) is 24.1 Å². The normalized spacial score (nSPS) is 19.4. The third kappa shape index (κ3) is 6.33. The van der Waals surface area contributed by atoms with E-state index >= 15 is 0 Å². The first-order valence-corrected chi connectivity index (χ1v) is 10.7. The predicted octanol–water partition coefficient (Wildman–Crippen LogP) is 3.57. The number of rotatable bonds is 10. The molecule has 2 N–H and O–H groups in total. The molecule has 30 heavy (non-hydrogen) atoms. The molecule has 1 aliphatic heterocycles. The van der Waals surface area contributed by atoms with E-state index in [1.807, 2.05) is 24.3 Å². The number of halogens is 2.